The predicted molar refractivity (Wildman–Crippen MR) is 73.9 cm³/mol. The standard InChI is InChI=1S/C12H18N2OS.ClH/c15-12(11-5-1-2-7-13-11)14-8-6-10-4-3-9-16-10;/h3-4,9,11,13H,1-2,5-8H2,(H,14,15);1H/t11-;/m1./s1. The van der Waals surface area contributed by atoms with Crippen LogP contribution in [0.2, 0.25) is 0 Å². The largest absolute Gasteiger partial charge is 0.354 e. The molecule has 2 heterocycles. The number of piperidine rings is 1. The van der Waals surface area contributed by atoms with Gasteiger partial charge in [0.2, 0.25) is 5.91 Å². The predicted octanol–water partition coefficient (Wildman–Crippen LogP) is 1.97. The molecular weight excluding hydrogens is 256 g/mol. The van der Waals surface area contributed by atoms with Gasteiger partial charge in [-0.05, 0) is 37.3 Å². The highest BCUT2D eigenvalue weighted by Gasteiger charge is 2.19. The SMILES string of the molecule is Cl.O=C(NCCc1cccs1)[C@H]1CCCCN1. The van der Waals surface area contributed by atoms with Gasteiger partial charge in [-0.25, -0.2) is 0 Å². The molecule has 0 spiro atoms. The fourth-order valence-electron chi connectivity index (χ4n) is 1.96. The molecule has 3 nitrogen and oxygen atoms in total. The highest BCUT2D eigenvalue weighted by molar-refractivity contribution is 7.09. The summed E-state index contributed by atoms with van der Waals surface area (Å²) >= 11 is 1.74. The lowest BCUT2D eigenvalue weighted by molar-refractivity contribution is -0.123. The molecule has 1 aromatic heterocycles. The molecule has 0 bridgehead atoms. The van der Waals surface area contributed by atoms with Crippen LogP contribution in [0.3, 0.4) is 0 Å². The monoisotopic (exact) mass is 274 g/mol. The Balaban J connectivity index is 0.00000144. The summed E-state index contributed by atoms with van der Waals surface area (Å²) < 4.78 is 0. The summed E-state index contributed by atoms with van der Waals surface area (Å²) in [6.07, 6.45) is 4.27. The zero-order valence-corrected chi connectivity index (χ0v) is 11.4. The summed E-state index contributed by atoms with van der Waals surface area (Å²) in [6, 6.07) is 4.19. The summed E-state index contributed by atoms with van der Waals surface area (Å²) in [5.74, 6) is 0.163. The average Bonchev–Trinajstić information content (AvgIpc) is 2.83. The molecule has 0 saturated carbocycles. The molecule has 96 valence electrons. The van der Waals surface area contributed by atoms with Gasteiger partial charge in [-0.2, -0.15) is 0 Å². The molecule has 1 fully saturated rings. The highest BCUT2D eigenvalue weighted by atomic mass is 35.5. The molecular formula is C12H19ClN2OS. The molecule has 0 aromatic carbocycles. The Labute approximate surface area is 112 Å². The van der Waals surface area contributed by atoms with Crippen molar-refractivity contribution in [2.45, 2.75) is 31.7 Å². The molecule has 0 unspecified atom stereocenters. The third-order valence-corrected chi connectivity index (χ3v) is 3.81. The van der Waals surface area contributed by atoms with Crippen LogP contribution in [0, 0.1) is 0 Å². The van der Waals surface area contributed by atoms with Crippen molar-refractivity contribution < 1.29 is 4.79 Å². The first-order valence-corrected chi connectivity index (χ1v) is 6.78. The molecule has 0 radical (unpaired) electrons. The van der Waals surface area contributed by atoms with E-state index in [2.05, 4.69) is 22.1 Å². The number of hydrogen-bond donors (Lipinski definition) is 2. The first-order chi connectivity index (χ1) is 7.86. The topological polar surface area (TPSA) is 41.1 Å². The highest BCUT2D eigenvalue weighted by Crippen LogP contribution is 2.09. The Bertz CT molecular complexity index is 323. The van der Waals surface area contributed by atoms with E-state index in [0.717, 1.165) is 32.4 Å². The number of carbonyl (C=O) groups is 1. The van der Waals surface area contributed by atoms with Crippen LogP contribution < -0.4 is 10.6 Å². The van der Waals surface area contributed by atoms with Gasteiger partial charge in [-0.3, -0.25) is 4.79 Å². The third-order valence-electron chi connectivity index (χ3n) is 2.88. The minimum atomic E-state index is 0. The van der Waals surface area contributed by atoms with Crippen LogP contribution in [0.5, 0.6) is 0 Å². The lowest BCUT2D eigenvalue weighted by Gasteiger charge is -2.22. The minimum absolute atomic E-state index is 0. The Morgan fingerprint density at radius 3 is 3.06 bits per heavy atom. The Hall–Kier alpha value is -0.580. The van der Waals surface area contributed by atoms with E-state index in [1.165, 1.54) is 11.3 Å². The van der Waals surface area contributed by atoms with Gasteiger partial charge in [0.25, 0.3) is 0 Å². The van der Waals surface area contributed by atoms with E-state index >= 15 is 0 Å². The van der Waals surface area contributed by atoms with Crippen molar-refractivity contribution in [2.75, 3.05) is 13.1 Å². The van der Waals surface area contributed by atoms with E-state index in [4.69, 9.17) is 0 Å². The van der Waals surface area contributed by atoms with Crippen LogP contribution in [0.15, 0.2) is 17.5 Å². The van der Waals surface area contributed by atoms with Gasteiger partial charge >= 0.3 is 0 Å². The number of halogens is 1. The van der Waals surface area contributed by atoms with E-state index < -0.39 is 0 Å². The molecule has 0 aliphatic carbocycles. The Morgan fingerprint density at radius 1 is 1.53 bits per heavy atom. The number of amides is 1. The quantitative estimate of drug-likeness (QED) is 0.881. The maximum atomic E-state index is 11.8. The number of carbonyl (C=O) groups excluding carboxylic acids is 1. The lowest BCUT2D eigenvalue weighted by Crippen LogP contribution is -2.47. The second-order valence-corrected chi connectivity index (χ2v) is 5.16. The van der Waals surface area contributed by atoms with Gasteiger partial charge in [0, 0.05) is 11.4 Å². The Kier molecular flexibility index (Phi) is 6.55. The van der Waals surface area contributed by atoms with Gasteiger partial charge in [0.1, 0.15) is 0 Å². The van der Waals surface area contributed by atoms with Crippen molar-refractivity contribution in [1.82, 2.24) is 10.6 Å². The zero-order chi connectivity index (χ0) is 11.2. The van der Waals surface area contributed by atoms with E-state index in [1.807, 2.05) is 6.07 Å². The van der Waals surface area contributed by atoms with Crippen molar-refractivity contribution in [3.05, 3.63) is 22.4 Å². The number of nitrogens with one attached hydrogen (secondary N) is 2. The molecule has 1 aromatic rings. The van der Waals surface area contributed by atoms with Crippen LogP contribution in [-0.2, 0) is 11.2 Å². The number of rotatable bonds is 4. The molecule has 17 heavy (non-hydrogen) atoms. The second kappa shape index (κ2) is 7.69. The molecule has 1 aliphatic heterocycles. The van der Waals surface area contributed by atoms with Crippen molar-refractivity contribution in [2.24, 2.45) is 0 Å². The van der Waals surface area contributed by atoms with Gasteiger partial charge in [0.15, 0.2) is 0 Å². The van der Waals surface area contributed by atoms with Crippen molar-refractivity contribution in [1.29, 1.82) is 0 Å². The van der Waals surface area contributed by atoms with Crippen molar-refractivity contribution in [3.63, 3.8) is 0 Å². The van der Waals surface area contributed by atoms with Crippen LogP contribution in [0.4, 0.5) is 0 Å². The maximum absolute atomic E-state index is 11.8. The fourth-order valence-corrected chi connectivity index (χ4v) is 2.67. The molecule has 1 saturated heterocycles. The van der Waals surface area contributed by atoms with Crippen molar-refractivity contribution >= 4 is 29.7 Å². The lowest BCUT2D eigenvalue weighted by atomic mass is 10.0. The molecule has 5 heteroatoms. The summed E-state index contributed by atoms with van der Waals surface area (Å²) in [5, 5.41) is 8.32. The first kappa shape index (κ1) is 14.5. The van der Waals surface area contributed by atoms with Crippen molar-refractivity contribution in [3.8, 4) is 0 Å². The molecule has 2 N–H and O–H groups in total. The molecule has 1 aliphatic rings. The summed E-state index contributed by atoms with van der Waals surface area (Å²) in [4.78, 5) is 13.1. The smallest absolute Gasteiger partial charge is 0.237 e. The van der Waals surface area contributed by atoms with Crippen LogP contribution in [0.1, 0.15) is 24.1 Å². The van der Waals surface area contributed by atoms with E-state index in [9.17, 15) is 4.79 Å². The third kappa shape index (κ3) is 4.66. The average molecular weight is 275 g/mol. The number of thiophene rings is 1. The molecule has 1 amide bonds. The first-order valence-electron chi connectivity index (χ1n) is 5.90. The summed E-state index contributed by atoms with van der Waals surface area (Å²) in [6.45, 7) is 1.72. The molecule has 1 atom stereocenters. The van der Waals surface area contributed by atoms with E-state index in [1.54, 1.807) is 11.3 Å². The summed E-state index contributed by atoms with van der Waals surface area (Å²) in [7, 11) is 0. The Morgan fingerprint density at radius 2 is 2.41 bits per heavy atom. The van der Waals surface area contributed by atoms with E-state index in [-0.39, 0.29) is 24.4 Å². The second-order valence-electron chi connectivity index (χ2n) is 4.12. The van der Waals surface area contributed by atoms with Gasteiger partial charge < -0.3 is 10.6 Å². The summed E-state index contributed by atoms with van der Waals surface area (Å²) in [5.41, 5.74) is 0. The van der Waals surface area contributed by atoms with Gasteiger partial charge in [-0.1, -0.05) is 12.5 Å². The number of hydrogen-bond acceptors (Lipinski definition) is 3. The fraction of sp³-hybridized carbons (Fsp3) is 0.583. The normalized spacial score (nSPS) is 19.4. The molecule has 2 rings (SSSR count). The maximum Gasteiger partial charge on any atom is 0.237 e. The van der Waals surface area contributed by atoms with Crippen LogP contribution >= 0.6 is 23.7 Å². The zero-order valence-electron chi connectivity index (χ0n) is 9.78. The minimum Gasteiger partial charge on any atom is -0.354 e. The van der Waals surface area contributed by atoms with Crippen LogP contribution in [0.25, 0.3) is 0 Å². The van der Waals surface area contributed by atoms with E-state index in [0.29, 0.717) is 0 Å². The van der Waals surface area contributed by atoms with Gasteiger partial charge in [0.05, 0.1) is 6.04 Å². The van der Waals surface area contributed by atoms with Crippen LogP contribution in [-0.4, -0.2) is 25.0 Å². The van der Waals surface area contributed by atoms with Gasteiger partial charge in [-0.15, -0.1) is 23.7 Å².